The van der Waals surface area contributed by atoms with Crippen molar-refractivity contribution in [3.63, 3.8) is 0 Å². The van der Waals surface area contributed by atoms with Gasteiger partial charge in [-0.05, 0) is 13.0 Å². The van der Waals surface area contributed by atoms with E-state index in [1.54, 1.807) is 7.11 Å². The molecule has 6 nitrogen and oxygen atoms in total. The lowest BCUT2D eigenvalue weighted by Crippen LogP contribution is -2.53. The van der Waals surface area contributed by atoms with E-state index in [0.29, 0.717) is 6.61 Å². The molecule has 0 spiro atoms. The average molecular weight is 251 g/mol. The Bertz CT molecular complexity index is 303. The maximum absolute atomic E-state index is 11.7. The van der Waals surface area contributed by atoms with Crippen LogP contribution in [0.4, 0.5) is 0 Å². The second kappa shape index (κ2) is 5.92. The summed E-state index contributed by atoms with van der Waals surface area (Å²) in [5.41, 5.74) is 0. The third-order valence-corrected chi connectivity index (χ3v) is 4.33. The number of methoxy groups -OCH3 is 1. The first-order valence-electron chi connectivity index (χ1n) is 5.37. The molecule has 1 fully saturated rings. The Labute approximate surface area is 97.5 Å². The van der Waals surface area contributed by atoms with Gasteiger partial charge < -0.3 is 10.1 Å². The summed E-state index contributed by atoms with van der Waals surface area (Å²) in [4.78, 5) is 0. The standard InChI is InChI=1S/C9H21N3O3S/c1-12(2)16(13,14)11-9-4-5-10-6-8(9)7-15-3/h8-11H,4-7H2,1-3H3/t8-,9?/m0/s1. The molecule has 1 rings (SSSR count). The summed E-state index contributed by atoms with van der Waals surface area (Å²) in [5.74, 6) is 0.188. The van der Waals surface area contributed by atoms with Gasteiger partial charge in [0, 0.05) is 39.7 Å². The second-order valence-corrected chi connectivity index (χ2v) is 6.14. The molecule has 0 aliphatic carbocycles. The third kappa shape index (κ3) is 3.67. The largest absolute Gasteiger partial charge is 0.384 e. The molecule has 2 N–H and O–H groups in total. The minimum absolute atomic E-state index is 0.0476. The van der Waals surface area contributed by atoms with Crippen molar-refractivity contribution in [3.8, 4) is 0 Å². The lowest BCUT2D eigenvalue weighted by atomic mass is 9.95. The van der Waals surface area contributed by atoms with E-state index in [1.807, 2.05) is 0 Å². The van der Waals surface area contributed by atoms with Crippen LogP contribution in [-0.2, 0) is 14.9 Å². The summed E-state index contributed by atoms with van der Waals surface area (Å²) >= 11 is 0. The summed E-state index contributed by atoms with van der Waals surface area (Å²) in [5, 5.41) is 3.24. The summed E-state index contributed by atoms with van der Waals surface area (Å²) < 4.78 is 32.4. The van der Waals surface area contributed by atoms with Crippen molar-refractivity contribution < 1.29 is 13.2 Å². The molecule has 1 unspecified atom stereocenters. The SMILES string of the molecule is COC[C@@H]1CNCCC1NS(=O)(=O)N(C)C. The number of nitrogens with zero attached hydrogens (tertiary/aromatic N) is 1. The Morgan fingerprint density at radius 2 is 2.19 bits per heavy atom. The molecule has 16 heavy (non-hydrogen) atoms. The average Bonchev–Trinajstić information content (AvgIpc) is 2.20. The Hall–Kier alpha value is -0.210. The first kappa shape index (κ1) is 13.9. The number of ether oxygens (including phenoxy) is 1. The van der Waals surface area contributed by atoms with Crippen molar-refractivity contribution in [2.75, 3.05) is 40.9 Å². The van der Waals surface area contributed by atoms with E-state index >= 15 is 0 Å². The first-order chi connectivity index (χ1) is 7.47. The van der Waals surface area contributed by atoms with Crippen molar-refractivity contribution >= 4 is 10.2 Å². The highest BCUT2D eigenvalue weighted by Crippen LogP contribution is 2.13. The molecule has 0 aromatic heterocycles. The van der Waals surface area contributed by atoms with Crippen molar-refractivity contribution in [2.24, 2.45) is 5.92 Å². The lowest BCUT2D eigenvalue weighted by Gasteiger charge is -2.32. The Morgan fingerprint density at radius 3 is 2.75 bits per heavy atom. The minimum Gasteiger partial charge on any atom is -0.384 e. The number of piperidine rings is 1. The van der Waals surface area contributed by atoms with Crippen molar-refractivity contribution in [1.29, 1.82) is 0 Å². The molecular weight excluding hydrogens is 230 g/mol. The number of nitrogens with one attached hydrogen (secondary N) is 2. The van der Waals surface area contributed by atoms with Crippen LogP contribution in [0.15, 0.2) is 0 Å². The molecule has 96 valence electrons. The zero-order valence-corrected chi connectivity index (χ0v) is 10.9. The predicted molar refractivity (Wildman–Crippen MR) is 62.4 cm³/mol. The van der Waals surface area contributed by atoms with Crippen LogP contribution in [0.1, 0.15) is 6.42 Å². The van der Waals surface area contributed by atoms with E-state index in [0.717, 1.165) is 19.5 Å². The molecule has 1 aliphatic rings. The highest BCUT2D eigenvalue weighted by molar-refractivity contribution is 7.87. The van der Waals surface area contributed by atoms with Crippen LogP contribution in [0.2, 0.25) is 0 Å². The van der Waals surface area contributed by atoms with Gasteiger partial charge in [-0.1, -0.05) is 0 Å². The van der Waals surface area contributed by atoms with Gasteiger partial charge in [-0.25, -0.2) is 0 Å². The minimum atomic E-state index is -3.35. The van der Waals surface area contributed by atoms with Crippen LogP contribution in [0.3, 0.4) is 0 Å². The van der Waals surface area contributed by atoms with E-state index in [-0.39, 0.29) is 12.0 Å². The van der Waals surface area contributed by atoms with E-state index in [9.17, 15) is 8.42 Å². The van der Waals surface area contributed by atoms with Crippen LogP contribution in [0, 0.1) is 5.92 Å². The number of hydrogen-bond acceptors (Lipinski definition) is 4. The maximum Gasteiger partial charge on any atom is 0.279 e. The monoisotopic (exact) mass is 251 g/mol. The van der Waals surface area contributed by atoms with Gasteiger partial charge in [0.25, 0.3) is 10.2 Å². The van der Waals surface area contributed by atoms with Crippen LogP contribution in [0.5, 0.6) is 0 Å². The van der Waals surface area contributed by atoms with Crippen molar-refractivity contribution in [3.05, 3.63) is 0 Å². The second-order valence-electron chi connectivity index (χ2n) is 4.22. The van der Waals surface area contributed by atoms with Gasteiger partial charge in [0.15, 0.2) is 0 Å². The van der Waals surface area contributed by atoms with E-state index in [4.69, 9.17) is 4.74 Å². The molecule has 0 bridgehead atoms. The molecule has 0 amide bonds. The molecule has 0 aromatic rings. The molecular formula is C9H21N3O3S. The van der Waals surface area contributed by atoms with Gasteiger partial charge in [-0.3, -0.25) is 0 Å². The Balaban J connectivity index is 2.62. The molecule has 1 aliphatic heterocycles. The topological polar surface area (TPSA) is 70.7 Å². The highest BCUT2D eigenvalue weighted by Gasteiger charge is 2.29. The molecule has 0 aromatic carbocycles. The van der Waals surface area contributed by atoms with Crippen molar-refractivity contribution in [1.82, 2.24) is 14.3 Å². The van der Waals surface area contributed by atoms with Crippen molar-refractivity contribution in [2.45, 2.75) is 12.5 Å². The smallest absolute Gasteiger partial charge is 0.279 e. The Kier molecular flexibility index (Phi) is 5.13. The summed E-state index contributed by atoms with van der Waals surface area (Å²) in [7, 11) is 1.33. The first-order valence-corrected chi connectivity index (χ1v) is 6.81. The molecule has 0 saturated carbocycles. The van der Waals surface area contributed by atoms with E-state index < -0.39 is 10.2 Å². The summed E-state index contributed by atoms with van der Waals surface area (Å²) in [6, 6.07) is -0.0476. The lowest BCUT2D eigenvalue weighted by molar-refractivity contribution is 0.121. The van der Waals surface area contributed by atoms with Gasteiger partial charge in [0.2, 0.25) is 0 Å². The van der Waals surface area contributed by atoms with E-state index in [1.165, 1.54) is 18.4 Å². The van der Waals surface area contributed by atoms with Gasteiger partial charge in [0.05, 0.1) is 6.61 Å². The highest BCUT2D eigenvalue weighted by atomic mass is 32.2. The van der Waals surface area contributed by atoms with Gasteiger partial charge >= 0.3 is 0 Å². The zero-order chi connectivity index (χ0) is 12.2. The van der Waals surface area contributed by atoms with Crippen LogP contribution < -0.4 is 10.0 Å². The van der Waals surface area contributed by atoms with Crippen LogP contribution >= 0.6 is 0 Å². The predicted octanol–water partition coefficient (Wildman–Crippen LogP) is -0.993. The summed E-state index contributed by atoms with van der Waals surface area (Å²) in [6.45, 7) is 2.18. The maximum atomic E-state index is 11.7. The molecule has 1 heterocycles. The fourth-order valence-corrected chi connectivity index (χ4v) is 2.67. The number of rotatable bonds is 5. The van der Waals surface area contributed by atoms with Crippen LogP contribution in [-0.4, -0.2) is 59.7 Å². The quantitative estimate of drug-likeness (QED) is 0.658. The normalized spacial score (nSPS) is 27.2. The van der Waals surface area contributed by atoms with E-state index in [2.05, 4.69) is 10.0 Å². The van der Waals surface area contributed by atoms with Gasteiger partial charge in [-0.15, -0.1) is 0 Å². The van der Waals surface area contributed by atoms with Gasteiger partial charge in [0.1, 0.15) is 0 Å². The molecule has 2 atom stereocenters. The Morgan fingerprint density at radius 1 is 1.50 bits per heavy atom. The molecule has 0 radical (unpaired) electrons. The number of hydrogen-bond donors (Lipinski definition) is 2. The third-order valence-electron chi connectivity index (χ3n) is 2.77. The molecule has 1 saturated heterocycles. The summed E-state index contributed by atoms with van der Waals surface area (Å²) in [6.07, 6.45) is 0.793. The van der Waals surface area contributed by atoms with Gasteiger partial charge in [-0.2, -0.15) is 17.4 Å². The molecule has 7 heteroatoms. The fourth-order valence-electron chi connectivity index (χ4n) is 1.76. The fraction of sp³-hybridized carbons (Fsp3) is 1.00. The van der Waals surface area contributed by atoms with Crippen LogP contribution in [0.25, 0.3) is 0 Å². The zero-order valence-electron chi connectivity index (χ0n) is 10.1.